The van der Waals surface area contributed by atoms with Gasteiger partial charge in [0, 0.05) is 13.0 Å². The van der Waals surface area contributed by atoms with E-state index in [1.165, 1.54) is 13.8 Å². The zero-order valence-electron chi connectivity index (χ0n) is 8.67. The average Bonchev–Trinajstić information content (AvgIpc) is 2.03. The molecule has 0 aromatic heterocycles. The Labute approximate surface area is 84.0 Å². The van der Waals surface area contributed by atoms with Crippen LogP contribution in [0.4, 0.5) is 0 Å². The van der Waals surface area contributed by atoms with Gasteiger partial charge in [0.05, 0.1) is 5.41 Å². The molecule has 0 heterocycles. The number of carbonyl (C=O) groups excluding carboxylic acids is 1. The largest absolute Gasteiger partial charge is 0.481 e. The van der Waals surface area contributed by atoms with Crippen LogP contribution in [0, 0.1) is 5.41 Å². The Morgan fingerprint density at radius 3 is 2.50 bits per heavy atom. The average molecular weight is 199 g/mol. The van der Waals surface area contributed by atoms with Gasteiger partial charge < -0.3 is 10.4 Å². The molecule has 0 rings (SSSR count). The van der Waals surface area contributed by atoms with Crippen molar-refractivity contribution in [3.63, 3.8) is 0 Å². The molecule has 0 saturated heterocycles. The number of nitrogens with one attached hydrogen (secondary N) is 1. The van der Waals surface area contributed by atoms with Crippen molar-refractivity contribution in [3.05, 3.63) is 12.7 Å². The van der Waals surface area contributed by atoms with E-state index in [1.807, 2.05) is 0 Å². The smallest absolute Gasteiger partial charge is 0.309 e. The van der Waals surface area contributed by atoms with Crippen LogP contribution in [0.2, 0.25) is 0 Å². The molecule has 0 spiro atoms. The maximum atomic E-state index is 11.2. The first kappa shape index (κ1) is 12.7. The van der Waals surface area contributed by atoms with Crippen LogP contribution in [0.25, 0.3) is 0 Å². The Kier molecular flexibility index (Phi) is 4.91. The van der Waals surface area contributed by atoms with E-state index in [2.05, 4.69) is 11.9 Å². The summed E-state index contributed by atoms with van der Waals surface area (Å²) >= 11 is 0. The molecule has 0 saturated carbocycles. The first-order valence-electron chi connectivity index (χ1n) is 4.51. The number of aliphatic carboxylic acids is 1. The fraction of sp³-hybridized carbons (Fsp3) is 0.600. The molecule has 80 valence electrons. The number of rotatable bonds is 6. The number of carboxylic acid groups (broad SMARTS) is 1. The summed E-state index contributed by atoms with van der Waals surface area (Å²) in [6.07, 6.45) is 2.39. The minimum atomic E-state index is -1.00. The van der Waals surface area contributed by atoms with Gasteiger partial charge in [0.2, 0.25) is 5.91 Å². The third kappa shape index (κ3) is 4.64. The normalized spacial score (nSPS) is 10.7. The SMILES string of the molecule is C=CCCNC(=O)CC(C)(C)C(=O)O. The molecular formula is C10H17NO3. The Hall–Kier alpha value is -1.32. The van der Waals surface area contributed by atoms with Crippen LogP contribution in [0.1, 0.15) is 26.7 Å². The summed E-state index contributed by atoms with van der Waals surface area (Å²) in [5.41, 5.74) is -1.00. The van der Waals surface area contributed by atoms with Crippen molar-refractivity contribution in [3.8, 4) is 0 Å². The van der Waals surface area contributed by atoms with E-state index in [4.69, 9.17) is 5.11 Å². The topological polar surface area (TPSA) is 66.4 Å². The van der Waals surface area contributed by atoms with Crippen molar-refractivity contribution in [2.24, 2.45) is 5.41 Å². The number of amides is 1. The van der Waals surface area contributed by atoms with Gasteiger partial charge in [0.1, 0.15) is 0 Å². The first-order valence-corrected chi connectivity index (χ1v) is 4.51. The summed E-state index contributed by atoms with van der Waals surface area (Å²) in [4.78, 5) is 21.9. The summed E-state index contributed by atoms with van der Waals surface area (Å²) in [6, 6.07) is 0. The Morgan fingerprint density at radius 2 is 2.07 bits per heavy atom. The molecule has 4 heteroatoms. The molecule has 0 unspecified atom stereocenters. The third-order valence-electron chi connectivity index (χ3n) is 1.85. The molecule has 0 radical (unpaired) electrons. The Balaban J connectivity index is 3.93. The zero-order valence-corrected chi connectivity index (χ0v) is 8.67. The van der Waals surface area contributed by atoms with Crippen molar-refractivity contribution in [2.75, 3.05) is 6.54 Å². The highest BCUT2D eigenvalue weighted by Crippen LogP contribution is 2.19. The summed E-state index contributed by atoms with van der Waals surface area (Å²) in [7, 11) is 0. The van der Waals surface area contributed by atoms with E-state index in [0.29, 0.717) is 13.0 Å². The summed E-state index contributed by atoms with van der Waals surface area (Å²) < 4.78 is 0. The standard InChI is InChI=1S/C10H17NO3/c1-4-5-6-11-8(12)7-10(2,3)9(13)14/h4H,1,5-7H2,2-3H3,(H,11,12)(H,13,14). The third-order valence-corrected chi connectivity index (χ3v) is 1.85. The molecule has 0 aromatic carbocycles. The van der Waals surface area contributed by atoms with Crippen LogP contribution in [-0.4, -0.2) is 23.5 Å². The number of hydrogen-bond donors (Lipinski definition) is 2. The minimum Gasteiger partial charge on any atom is -0.481 e. The van der Waals surface area contributed by atoms with Crippen LogP contribution in [0.3, 0.4) is 0 Å². The molecule has 4 nitrogen and oxygen atoms in total. The van der Waals surface area contributed by atoms with Gasteiger partial charge in [-0.25, -0.2) is 0 Å². The number of hydrogen-bond acceptors (Lipinski definition) is 2. The highest BCUT2D eigenvalue weighted by Gasteiger charge is 2.29. The zero-order chi connectivity index (χ0) is 11.2. The van der Waals surface area contributed by atoms with Gasteiger partial charge in [-0.3, -0.25) is 9.59 Å². The van der Waals surface area contributed by atoms with E-state index in [0.717, 1.165) is 0 Å². The second kappa shape index (κ2) is 5.42. The van der Waals surface area contributed by atoms with Gasteiger partial charge in [0.15, 0.2) is 0 Å². The van der Waals surface area contributed by atoms with Gasteiger partial charge in [0.25, 0.3) is 0 Å². The first-order chi connectivity index (χ1) is 6.40. The van der Waals surface area contributed by atoms with Crippen molar-refractivity contribution < 1.29 is 14.7 Å². The molecule has 0 aromatic rings. The summed E-state index contributed by atoms with van der Waals surface area (Å²) in [5.74, 6) is -1.20. The molecule has 0 aliphatic heterocycles. The lowest BCUT2D eigenvalue weighted by Crippen LogP contribution is -2.33. The quantitative estimate of drug-likeness (QED) is 0.498. The fourth-order valence-electron chi connectivity index (χ4n) is 0.853. The van der Waals surface area contributed by atoms with Crippen LogP contribution in [0.5, 0.6) is 0 Å². The second-order valence-electron chi connectivity index (χ2n) is 3.79. The fourth-order valence-corrected chi connectivity index (χ4v) is 0.853. The van der Waals surface area contributed by atoms with Gasteiger partial charge in [-0.05, 0) is 20.3 Å². The molecule has 0 bridgehead atoms. The predicted octanol–water partition coefficient (Wildman–Crippen LogP) is 1.18. The highest BCUT2D eigenvalue weighted by molar-refractivity contribution is 5.84. The van der Waals surface area contributed by atoms with E-state index < -0.39 is 11.4 Å². The van der Waals surface area contributed by atoms with Crippen molar-refractivity contribution in [1.82, 2.24) is 5.32 Å². The van der Waals surface area contributed by atoms with Crippen molar-refractivity contribution in [1.29, 1.82) is 0 Å². The molecule has 0 aliphatic carbocycles. The maximum absolute atomic E-state index is 11.2. The molecular weight excluding hydrogens is 182 g/mol. The van der Waals surface area contributed by atoms with Gasteiger partial charge in [-0.1, -0.05) is 6.08 Å². The molecule has 14 heavy (non-hydrogen) atoms. The van der Waals surface area contributed by atoms with Gasteiger partial charge in [-0.2, -0.15) is 0 Å². The van der Waals surface area contributed by atoms with E-state index >= 15 is 0 Å². The van der Waals surface area contributed by atoms with Crippen LogP contribution in [-0.2, 0) is 9.59 Å². The van der Waals surface area contributed by atoms with Gasteiger partial charge in [-0.15, -0.1) is 6.58 Å². The lowest BCUT2D eigenvalue weighted by molar-refractivity contribution is -0.149. The number of carboxylic acids is 1. The number of carbonyl (C=O) groups is 2. The Morgan fingerprint density at radius 1 is 1.50 bits per heavy atom. The van der Waals surface area contributed by atoms with Crippen LogP contribution in [0.15, 0.2) is 12.7 Å². The molecule has 0 aliphatic rings. The molecule has 2 N–H and O–H groups in total. The van der Waals surface area contributed by atoms with E-state index in [1.54, 1.807) is 6.08 Å². The lowest BCUT2D eigenvalue weighted by Gasteiger charge is -2.17. The molecule has 0 atom stereocenters. The molecule has 0 fully saturated rings. The van der Waals surface area contributed by atoms with Gasteiger partial charge >= 0.3 is 5.97 Å². The second-order valence-corrected chi connectivity index (χ2v) is 3.79. The van der Waals surface area contributed by atoms with Crippen LogP contribution >= 0.6 is 0 Å². The summed E-state index contributed by atoms with van der Waals surface area (Å²) in [6.45, 7) is 7.09. The van der Waals surface area contributed by atoms with E-state index in [9.17, 15) is 9.59 Å². The minimum absolute atomic E-state index is 0.000520. The van der Waals surface area contributed by atoms with Crippen LogP contribution < -0.4 is 5.32 Å². The lowest BCUT2D eigenvalue weighted by atomic mass is 9.89. The highest BCUT2D eigenvalue weighted by atomic mass is 16.4. The van der Waals surface area contributed by atoms with Crippen molar-refractivity contribution in [2.45, 2.75) is 26.7 Å². The van der Waals surface area contributed by atoms with E-state index in [-0.39, 0.29) is 12.3 Å². The molecule has 1 amide bonds. The Bertz CT molecular complexity index is 234. The summed E-state index contributed by atoms with van der Waals surface area (Å²) in [5, 5.41) is 11.4. The monoisotopic (exact) mass is 199 g/mol. The van der Waals surface area contributed by atoms with Crippen molar-refractivity contribution >= 4 is 11.9 Å². The maximum Gasteiger partial charge on any atom is 0.309 e. The predicted molar refractivity (Wildman–Crippen MR) is 53.9 cm³/mol.